The molecule has 0 atom stereocenters. The summed E-state index contributed by atoms with van der Waals surface area (Å²) in [6.45, 7) is 0.127. The minimum Gasteiger partial charge on any atom is -0.377 e. The number of rotatable bonds is 3. The predicted octanol–water partition coefficient (Wildman–Crippen LogP) is 2.26. The Labute approximate surface area is 92.5 Å². The summed E-state index contributed by atoms with van der Waals surface area (Å²) in [6.07, 6.45) is 1.58. The van der Waals surface area contributed by atoms with Crippen LogP contribution in [0.3, 0.4) is 0 Å². The maximum atomic E-state index is 11.3. The third-order valence-corrected chi connectivity index (χ3v) is 2.96. The van der Waals surface area contributed by atoms with Gasteiger partial charge in [-0.1, -0.05) is 23.9 Å². The average molecular weight is 221 g/mol. The lowest BCUT2D eigenvalue weighted by atomic mass is 10.3. The standard InChI is InChI=1S/C11H11NO2S/c1-14-7-8(13)6-11-12-9-4-2-3-5-10(9)15-11/h2-6,12H,7H2,1H3/b11-6+. The number of anilines is 1. The molecule has 4 heteroatoms. The van der Waals surface area contributed by atoms with Crippen LogP contribution in [0.25, 0.3) is 0 Å². The van der Waals surface area contributed by atoms with Crippen LogP contribution in [0.2, 0.25) is 0 Å². The Morgan fingerprint density at radius 2 is 2.33 bits per heavy atom. The molecule has 0 saturated heterocycles. The third kappa shape index (κ3) is 2.40. The highest BCUT2D eigenvalue weighted by molar-refractivity contribution is 8.03. The lowest BCUT2D eigenvalue weighted by Crippen LogP contribution is -2.04. The van der Waals surface area contributed by atoms with Crippen LogP contribution in [0.15, 0.2) is 40.3 Å². The molecule has 0 saturated carbocycles. The first kappa shape index (κ1) is 10.3. The largest absolute Gasteiger partial charge is 0.377 e. The number of ketones is 1. The first-order chi connectivity index (χ1) is 7.29. The Bertz CT molecular complexity index is 388. The van der Waals surface area contributed by atoms with Gasteiger partial charge in [-0.15, -0.1) is 0 Å². The van der Waals surface area contributed by atoms with Crippen LogP contribution >= 0.6 is 11.8 Å². The number of fused-ring (bicyclic) bond motifs is 1. The summed E-state index contributed by atoms with van der Waals surface area (Å²) >= 11 is 1.56. The molecule has 1 N–H and O–H groups in total. The second-order valence-corrected chi connectivity index (χ2v) is 4.21. The van der Waals surface area contributed by atoms with Crippen molar-refractivity contribution in [2.75, 3.05) is 19.0 Å². The molecule has 0 bridgehead atoms. The minimum absolute atomic E-state index is 0.0275. The van der Waals surface area contributed by atoms with E-state index in [2.05, 4.69) is 5.32 Å². The number of carbonyl (C=O) groups excluding carboxylic acids is 1. The van der Waals surface area contributed by atoms with Crippen molar-refractivity contribution in [1.82, 2.24) is 0 Å². The highest BCUT2D eigenvalue weighted by atomic mass is 32.2. The fourth-order valence-electron chi connectivity index (χ4n) is 1.33. The molecule has 3 nitrogen and oxygen atoms in total. The van der Waals surface area contributed by atoms with Crippen LogP contribution in [-0.4, -0.2) is 19.5 Å². The first-order valence-corrected chi connectivity index (χ1v) is 5.38. The van der Waals surface area contributed by atoms with Gasteiger partial charge < -0.3 is 10.1 Å². The van der Waals surface area contributed by atoms with Crippen molar-refractivity contribution in [2.45, 2.75) is 4.90 Å². The number of hydrogen-bond acceptors (Lipinski definition) is 4. The summed E-state index contributed by atoms with van der Waals surface area (Å²) in [5, 5.41) is 4.03. The quantitative estimate of drug-likeness (QED) is 0.795. The summed E-state index contributed by atoms with van der Waals surface area (Å²) in [7, 11) is 1.51. The number of benzene rings is 1. The Morgan fingerprint density at radius 1 is 1.53 bits per heavy atom. The molecule has 78 valence electrons. The van der Waals surface area contributed by atoms with Gasteiger partial charge in [-0.3, -0.25) is 4.79 Å². The number of ether oxygens (including phenoxy) is 1. The number of carbonyl (C=O) groups is 1. The molecule has 0 amide bonds. The van der Waals surface area contributed by atoms with E-state index in [4.69, 9.17) is 4.74 Å². The zero-order valence-corrected chi connectivity index (χ0v) is 9.14. The van der Waals surface area contributed by atoms with Gasteiger partial charge in [0.05, 0.1) is 10.7 Å². The van der Waals surface area contributed by atoms with Gasteiger partial charge >= 0.3 is 0 Å². The van der Waals surface area contributed by atoms with Gasteiger partial charge in [-0.2, -0.15) is 0 Å². The summed E-state index contributed by atoms with van der Waals surface area (Å²) in [5.41, 5.74) is 1.05. The second-order valence-electron chi connectivity index (χ2n) is 3.13. The van der Waals surface area contributed by atoms with Crippen molar-refractivity contribution in [3.05, 3.63) is 35.4 Å². The molecule has 1 aromatic carbocycles. The fourth-order valence-corrected chi connectivity index (χ4v) is 2.30. The first-order valence-electron chi connectivity index (χ1n) is 4.57. The van der Waals surface area contributed by atoms with Gasteiger partial charge in [0.2, 0.25) is 0 Å². The van der Waals surface area contributed by atoms with Crippen LogP contribution in [0, 0.1) is 0 Å². The van der Waals surface area contributed by atoms with Gasteiger partial charge in [0.1, 0.15) is 6.61 Å². The fraction of sp³-hybridized carbons (Fsp3) is 0.182. The molecule has 0 aromatic heterocycles. The zero-order valence-electron chi connectivity index (χ0n) is 8.32. The van der Waals surface area contributed by atoms with Crippen molar-refractivity contribution in [2.24, 2.45) is 0 Å². The topological polar surface area (TPSA) is 38.3 Å². The van der Waals surface area contributed by atoms with Gasteiger partial charge in [0, 0.05) is 18.1 Å². The zero-order chi connectivity index (χ0) is 10.7. The molecule has 0 unspecified atom stereocenters. The van der Waals surface area contributed by atoms with E-state index in [9.17, 15) is 4.79 Å². The Kier molecular flexibility index (Phi) is 3.08. The predicted molar refractivity (Wildman–Crippen MR) is 60.9 cm³/mol. The van der Waals surface area contributed by atoms with Crippen LogP contribution in [0.4, 0.5) is 5.69 Å². The van der Waals surface area contributed by atoms with Gasteiger partial charge in [0.15, 0.2) is 5.78 Å². The van der Waals surface area contributed by atoms with E-state index >= 15 is 0 Å². The second kappa shape index (κ2) is 4.51. The smallest absolute Gasteiger partial charge is 0.183 e. The Morgan fingerprint density at radius 3 is 3.07 bits per heavy atom. The molecule has 0 radical (unpaired) electrons. The normalized spacial score (nSPS) is 16.2. The van der Waals surface area contributed by atoms with Crippen LogP contribution < -0.4 is 5.32 Å². The van der Waals surface area contributed by atoms with E-state index in [1.165, 1.54) is 7.11 Å². The Hall–Kier alpha value is -1.26. The number of hydrogen-bond donors (Lipinski definition) is 1. The molecule has 2 rings (SSSR count). The molecule has 0 fully saturated rings. The number of nitrogens with one attached hydrogen (secondary N) is 1. The van der Waals surface area contributed by atoms with Crippen LogP contribution in [-0.2, 0) is 9.53 Å². The molecular weight excluding hydrogens is 210 g/mol. The van der Waals surface area contributed by atoms with E-state index in [0.717, 1.165) is 15.6 Å². The molecule has 1 aliphatic heterocycles. The maximum Gasteiger partial charge on any atom is 0.183 e. The SMILES string of the molecule is COCC(=O)/C=C1\Nc2ccccc2S1. The molecule has 0 spiro atoms. The molecule has 1 aromatic rings. The van der Waals surface area contributed by atoms with E-state index in [1.54, 1.807) is 17.8 Å². The molecule has 1 aliphatic rings. The number of para-hydroxylation sites is 1. The van der Waals surface area contributed by atoms with Crippen molar-refractivity contribution in [3.63, 3.8) is 0 Å². The highest BCUT2D eigenvalue weighted by Gasteiger charge is 2.15. The maximum absolute atomic E-state index is 11.3. The van der Waals surface area contributed by atoms with Crippen LogP contribution in [0.5, 0.6) is 0 Å². The van der Waals surface area contributed by atoms with Crippen molar-refractivity contribution in [1.29, 1.82) is 0 Å². The molecule has 0 aliphatic carbocycles. The highest BCUT2D eigenvalue weighted by Crippen LogP contribution is 2.40. The summed E-state index contributed by atoms with van der Waals surface area (Å²) < 4.78 is 4.76. The van der Waals surface area contributed by atoms with E-state index in [-0.39, 0.29) is 12.4 Å². The Balaban J connectivity index is 2.10. The van der Waals surface area contributed by atoms with Gasteiger partial charge in [-0.25, -0.2) is 0 Å². The van der Waals surface area contributed by atoms with Crippen molar-refractivity contribution >= 4 is 23.2 Å². The molecular formula is C11H11NO2S. The third-order valence-electron chi connectivity index (χ3n) is 1.94. The van der Waals surface area contributed by atoms with E-state index in [1.807, 2.05) is 24.3 Å². The molecule has 15 heavy (non-hydrogen) atoms. The monoisotopic (exact) mass is 221 g/mol. The lowest BCUT2D eigenvalue weighted by Gasteiger charge is -1.97. The number of methoxy groups -OCH3 is 1. The van der Waals surface area contributed by atoms with E-state index < -0.39 is 0 Å². The number of thioether (sulfide) groups is 1. The van der Waals surface area contributed by atoms with Crippen molar-refractivity contribution < 1.29 is 9.53 Å². The van der Waals surface area contributed by atoms with Crippen LogP contribution in [0.1, 0.15) is 0 Å². The lowest BCUT2D eigenvalue weighted by molar-refractivity contribution is -0.118. The van der Waals surface area contributed by atoms with Gasteiger partial charge in [-0.05, 0) is 12.1 Å². The molecule has 1 heterocycles. The van der Waals surface area contributed by atoms with Gasteiger partial charge in [0.25, 0.3) is 0 Å². The average Bonchev–Trinajstić information content (AvgIpc) is 2.59. The van der Waals surface area contributed by atoms with E-state index in [0.29, 0.717) is 0 Å². The van der Waals surface area contributed by atoms with Crippen molar-refractivity contribution in [3.8, 4) is 0 Å². The minimum atomic E-state index is -0.0275. The summed E-state index contributed by atoms with van der Waals surface area (Å²) in [6, 6.07) is 7.96. The summed E-state index contributed by atoms with van der Waals surface area (Å²) in [5.74, 6) is -0.0275. The summed E-state index contributed by atoms with van der Waals surface area (Å²) in [4.78, 5) is 12.4.